The monoisotopic (exact) mass is 247 g/mol. The number of carbonyl (C=O) groups excluding carboxylic acids is 1. The number of hydrogen-bond acceptors (Lipinski definition) is 5. The molecule has 6 nitrogen and oxygen atoms in total. The summed E-state index contributed by atoms with van der Waals surface area (Å²) in [5, 5.41) is 9.07. The standard InChI is InChI=1S/C11H21NO5/c1-4-9(11(14)15)12(7-8-16-2)6-5-10(13)17-3/h9H,4-8H2,1-3H3,(H,14,15). The van der Waals surface area contributed by atoms with Crippen molar-refractivity contribution in [2.45, 2.75) is 25.8 Å². The smallest absolute Gasteiger partial charge is 0.320 e. The van der Waals surface area contributed by atoms with Crippen LogP contribution in [0.25, 0.3) is 0 Å². The van der Waals surface area contributed by atoms with Crippen LogP contribution >= 0.6 is 0 Å². The lowest BCUT2D eigenvalue weighted by Gasteiger charge is -2.27. The van der Waals surface area contributed by atoms with Crippen molar-refractivity contribution < 1.29 is 24.2 Å². The first-order valence-corrected chi connectivity index (χ1v) is 5.59. The molecule has 0 fully saturated rings. The van der Waals surface area contributed by atoms with E-state index >= 15 is 0 Å². The summed E-state index contributed by atoms with van der Waals surface area (Å²) in [6, 6.07) is -0.588. The van der Waals surface area contributed by atoms with Gasteiger partial charge in [-0.1, -0.05) is 6.92 Å². The Morgan fingerprint density at radius 3 is 2.35 bits per heavy atom. The molecule has 1 unspecified atom stereocenters. The predicted molar refractivity (Wildman–Crippen MR) is 61.8 cm³/mol. The van der Waals surface area contributed by atoms with Crippen molar-refractivity contribution in [3.05, 3.63) is 0 Å². The normalized spacial score (nSPS) is 12.5. The molecule has 0 saturated heterocycles. The molecule has 1 N–H and O–H groups in total. The van der Waals surface area contributed by atoms with Crippen LogP contribution in [0.3, 0.4) is 0 Å². The highest BCUT2D eigenvalue weighted by Crippen LogP contribution is 2.06. The molecule has 0 rings (SSSR count). The largest absolute Gasteiger partial charge is 0.480 e. The van der Waals surface area contributed by atoms with Gasteiger partial charge in [-0.15, -0.1) is 0 Å². The third-order valence-electron chi connectivity index (χ3n) is 2.53. The van der Waals surface area contributed by atoms with Gasteiger partial charge < -0.3 is 14.6 Å². The zero-order valence-corrected chi connectivity index (χ0v) is 10.6. The first-order chi connectivity index (χ1) is 8.06. The summed E-state index contributed by atoms with van der Waals surface area (Å²) in [6.45, 7) is 3.08. The van der Waals surface area contributed by atoms with Crippen molar-refractivity contribution in [1.29, 1.82) is 0 Å². The minimum Gasteiger partial charge on any atom is -0.480 e. The van der Waals surface area contributed by atoms with Gasteiger partial charge in [0.25, 0.3) is 0 Å². The second-order valence-corrected chi connectivity index (χ2v) is 3.62. The zero-order valence-electron chi connectivity index (χ0n) is 10.6. The molecule has 0 heterocycles. The van der Waals surface area contributed by atoms with Crippen molar-refractivity contribution in [2.24, 2.45) is 0 Å². The number of ether oxygens (including phenoxy) is 2. The van der Waals surface area contributed by atoms with E-state index in [1.54, 1.807) is 18.9 Å². The number of esters is 1. The molecule has 0 spiro atoms. The van der Waals surface area contributed by atoms with Crippen molar-refractivity contribution in [1.82, 2.24) is 4.90 Å². The summed E-state index contributed by atoms with van der Waals surface area (Å²) < 4.78 is 9.46. The lowest BCUT2D eigenvalue weighted by molar-refractivity contribution is -0.146. The number of carboxylic acids is 1. The minimum absolute atomic E-state index is 0.185. The molecular weight excluding hydrogens is 226 g/mol. The lowest BCUT2D eigenvalue weighted by Crippen LogP contribution is -2.43. The first kappa shape index (κ1) is 15.9. The number of rotatable bonds is 9. The van der Waals surface area contributed by atoms with Gasteiger partial charge in [-0.05, 0) is 6.42 Å². The Morgan fingerprint density at radius 2 is 1.94 bits per heavy atom. The number of hydrogen-bond donors (Lipinski definition) is 1. The van der Waals surface area contributed by atoms with Gasteiger partial charge in [-0.3, -0.25) is 14.5 Å². The first-order valence-electron chi connectivity index (χ1n) is 5.59. The van der Waals surface area contributed by atoms with Gasteiger partial charge in [0.1, 0.15) is 6.04 Å². The summed E-state index contributed by atoms with van der Waals surface area (Å²) in [5.41, 5.74) is 0. The molecule has 0 aromatic heterocycles. The second-order valence-electron chi connectivity index (χ2n) is 3.62. The number of carboxylic acid groups (broad SMARTS) is 1. The Kier molecular flexibility index (Phi) is 8.35. The molecule has 0 amide bonds. The highest BCUT2D eigenvalue weighted by molar-refractivity contribution is 5.73. The summed E-state index contributed by atoms with van der Waals surface area (Å²) in [6.07, 6.45) is 0.671. The fraction of sp³-hybridized carbons (Fsp3) is 0.818. The van der Waals surface area contributed by atoms with Crippen LogP contribution in [0.2, 0.25) is 0 Å². The van der Waals surface area contributed by atoms with Crippen LogP contribution in [-0.4, -0.2) is 61.9 Å². The van der Waals surface area contributed by atoms with Gasteiger partial charge in [-0.25, -0.2) is 0 Å². The molecule has 0 aromatic carbocycles. The lowest BCUT2D eigenvalue weighted by atomic mass is 10.2. The molecule has 0 aliphatic carbocycles. The maximum Gasteiger partial charge on any atom is 0.320 e. The molecule has 0 bridgehead atoms. The Morgan fingerprint density at radius 1 is 1.29 bits per heavy atom. The second kappa shape index (κ2) is 8.95. The van der Waals surface area contributed by atoms with Crippen LogP contribution in [0.5, 0.6) is 0 Å². The maximum absolute atomic E-state index is 11.1. The molecule has 1 atom stereocenters. The molecular formula is C11H21NO5. The molecule has 0 aromatic rings. The number of nitrogens with zero attached hydrogens (tertiary/aromatic N) is 1. The van der Waals surface area contributed by atoms with Crippen LogP contribution in [0.1, 0.15) is 19.8 Å². The zero-order chi connectivity index (χ0) is 13.3. The van der Waals surface area contributed by atoms with Crippen molar-refractivity contribution in [3.8, 4) is 0 Å². The quantitative estimate of drug-likeness (QED) is 0.593. The van der Waals surface area contributed by atoms with Gasteiger partial charge >= 0.3 is 11.9 Å². The Bertz CT molecular complexity index is 244. The van der Waals surface area contributed by atoms with Gasteiger partial charge in [0.15, 0.2) is 0 Å². The van der Waals surface area contributed by atoms with E-state index in [0.717, 1.165) is 0 Å². The fourth-order valence-electron chi connectivity index (χ4n) is 1.56. The van der Waals surface area contributed by atoms with Crippen molar-refractivity contribution in [2.75, 3.05) is 33.9 Å². The third-order valence-corrected chi connectivity index (χ3v) is 2.53. The van der Waals surface area contributed by atoms with Crippen LogP contribution in [0.15, 0.2) is 0 Å². The highest BCUT2D eigenvalue weighted by atomic mass is 16.5. The number of methoxy groups -OCH3 is 2. The van der Waals surface area contributed by atoms with Crippen LogP contribution < -0.4 is 0 Å². The topological polar surface area (TPSA) is 76.1 Å². The molecule has 0 radical (unpaired) electrons. The summed E-state index contributed by atoms with van der Waals surface area (Å²) >= 11 is 0. The van der Waals surface area contributed by atoms with E-state index in [9.17, 15) is 9.59 Å². The summed E-state index contributed by atoms with van der Waals surface area (Å²) in [4.78, 5) is 23.8. The summed E-state index contributed by atoms with van der Waals surface area (Å²) in [5.74, 6) is -1.22. The van der Waals surface area contributed by atoms with Crippen LogP contribution in [-0.2, 0) is 19.1 Å². The van der Waals surface area contributed by atoms with E-state index in [2.05, 4.69) is 4.74 Å². The summed E-state index contributed by atoms with van der Waals surface area (Å²) in [7, 11) is 2.87. The number of aliphatic carboxylic acids is 1. The van der Waals surface area contributed by atoms with E-state index in [0.29, 0.717) is 26.1 Å². The van der Waals surface area contributed by atoms with Gasteiger partial charge in [0.05, 0.1) is 20.1 Å². The average Bonchev–Trinajstić information content (AvgIpc) is 2.31. The Hall–Kier alpha value is -1.14. The van der Waals surface area contributed by atoms with E-state index in [1.165, 1.54) is 7.11 Å². The maximum atomic E-state index is 11.1. The van der Waals surface area contributed by atoms with Gasteiger partial charge in [0.2, 0.25) is 0 Å². The third kappa shape index (κ3) is 6.23. The Balaban J connectivity index is 4.39. The fourth-order valence-corrected chi connectivity index (χ4v) is 1.56. The molecule has 100 valence electrons. The van der Waals surface area contributed by atoms with E-state index in [4.69, 9.17) is 9.84 Å². The molecule has 6 heteroatoms. The van der Waals surface area contributed by atoms with Crippen LogP contribution in [0, 0.1) is 0 Å². The van der Waals surface area contributed by atoms with E-state index in [1.807, 2.05) is 0 Å². The van der Waals surface area contributed by atoms with Crippen LogP contribution in [0.4, 0.5) is 0 Å². The Labute approximate surface area is 101 Å². The predicted octanol–water partition coefficient (Wildman–Crippen LogP) is 0.361. The van der Waals surface area contributed by atoms with Gasteiger partial charge in [-0.2, -0.15) is 0 Å². The molecule has 0 saturated carbocycles. The molecule has 17 heavy (non-hydrogen) atoms. The van der Waals surface area contributed by atoms with E-state index < -0.39 is 12.0 Å². The van der Waals surface area contributed by atoms with E-state index in [-0.39, 0.29) is 12.4 Å². The molecule has 0 aliphatic heterocycles. The highest BCUT2D eigenvalue weighted by Gasteiger charge is 2.23. The average molecular weight is 247 g/mol. The van der Waals surface area contributed by atoms with Crippen molar-refractivity contribution >= 4 is 11.9 Å². The molecule has 0 aliphatic rings. The minimum atomic E-state index is -0.881. The SMILES string of the molecule is CCC(C(=O)O)N(CCOC)CCC(=O)OC. The number of carbonyl (C=O) groups is 2. The van der Waals surface area contributed by atoms with Crippen molar-refractivity contribution in [3.63, 3.8) is 0 Å². The van der Waals surface area contributed by atoms with Gasteiger partial charge in [0, 0.05) is 20.2 Å².